The average Bonchev–Trinajstić information content (AvgIpc) is 3.01. The third-order valence-electron chi connectivity index (χ3n) is 4.97. The van der Waals surface area contributed by atoms with Crippen molar-refractivity contribution in [1.29, 1.82) is 0 Å². The molecule has 0 spiro atoms. The first kappa shape index (κ1) is 23.2. The first-order valence-corrected chi connectivity index (χ1v) is 10.3. The van der Waals surface area contributed by atoms with Crippen molar-refractivity contribution in [3.63, 3.8) is 0 Å². The van der Waals surface area contributed by atoms with Crippen LogP contribution in [0.5, 0.6) is 0 Å². The number of aryl methyl sites for hydroxylation is 1. The van der Waals surface area contributed by atoms with Gasteiger partial charge in [0.25, 0.3) is 0 Å². The molecule has 0 aromatic carbocycles. The van der Waals surface area contributed by atoms with Gasteiger partial charge in [0.15, 0.2) is 0 Å². The van der Waals surface area contributed by atoms with Gasteiger partial charge < -0.3 is 14.8 Å². The molecule has 1 aromatic heterocycles. The largest absolute Gasteiger partial charge is 0.379 e. The van der Waals surface area contributed by atoms with Gasteiger partial charge in [-0.05, 0) is 83.9 Å². The Morgan fingerprint density at radius 2 is 1.81 bits per heavy atom. The lowest BCUT2D eigenvalue weighted by molar-refractivity contribution is -0.0617. The Hall–Kier alpha value is -0.840. The van der Waals surface area contributed by atoms with Crippen molar-refractivity contribution in [2.45, 2.75) is 104 Å². The second-order valence-corrected chi connectivity index (χ2v) is 9.25. The highest BCUT2D eigenvalue weighted by molar-refractivity contribution is 5.03. The monoisotopic (exact) mass is 366 g/mol. The molecule has 3 N–H and O–H groups in total. The zero-order valence-electron chi connectivity index (χ0n) is 17.9. The summed E-state index contributed by atoms with van der Waals surface area (Å²) in [5.41, 5.74) is 1.45. The number of hydrogen-bond acceptors (Lipinski definition) is 3. The van der Waals surface area contributed by atoms with Crippen LogP contribution in [0.15, 0.2) is 18.3 Å². The minimum Gasteiger partial charge on any atom is -0.379 e. The fourth-order valence-electron chi connectivity index (χ4n) is 3.47. The standard InChI is InChI=1S/C22H42N2O2/c1-18(2)26-22(5,6)14-8-7-13-21(3,4)15-17-24-20(25)12-11-19-10-9-16-23-19/h9-10,16,18,20,23-25H,7-8,11-15,17H2,1-6H3. The summed E-state index contributed by atoms with van der Waals surface area (Å²) in [6.45, 7) is 14.1. The van der Waals surface area contributed by atoms with Crippen molar-refractivity contribution in [1.82, 2.24) is 10.3 Å². The second kappa shape index (κ2) is 11.1. The molecule has 0 aliphatic rings. The van der Waals surface area contributed by atoms with Gasteiger partial charge in [-0.1, -0.05) is 26.7 Å². The molecule has 0 radical (unpaired) electrons. The zero-order chi connectivity index (χ0) is 19.6. The van der Waals surface area contributed by atoms with Crippen LogP contribution in [0.4, 0.5) is 0 Å². The molecule has 1 unspecified atom stereocenters. The van der Waals surface area contributed by atoms with Crippen molar-refractivity contribution < 1.29 is 9.84 Å². The number of aromatic nitrogens is 1. The molecule has 26 heavy (non-hydrogen) atoms. The van der Waals surface area contributed by atoms with Gasteiger partial charge in [0.05, 0.1) is 11.7 Å². The Morgan fingerprint density at radius 1 is 1.12 bits per heavy atom. The second-order valence-electron chi connectivity index (χ2n) is 9.25. The molecule has 0 amide bonds. The summed E-state index contributed by atoms with van der Waals surface area (Å²) < 4.78 is 5.97. The molecule has 4 heteroatoms. The summed E-state index contributed by atoms with van der Waals surface area (Å²) >= 11 is 0. The van der Waals surface area contributed by atoms with E-state index in [1.54, 1.807) is 0 Å². The highest BCUT2D eigenvalue weighted by Crippen LogP contribution is 2.29. The Morgan fingerprint density at radius 3 is 2.42 bits per heavy atom. The van der Waals surface area contributed by atoms with Crippen molar-refractivity contribution in [3.8, 4) is 0 Å². The van der Waals surface area contributed by atoms with Crippen LogP contribution < -0.4 is 5.32 Å². The van der Waals surface area contributed by atoms with Crippen LogP contribution in [0.3, 0.4) is 0 Å². The van der Waals surface area contributed by atoms with E-state index in [4.69, 9.17) is 4.74 Å². The van der Waals surface area contributed by atoms with Gasteiger partial charge >= 0.3 is 0 Å². The molecule has 1 aromatic rings. The molecule has 1 heterocycles. The fourth-order valence-corrected chi connectivity index (χ4v) is 3.47. The number of unbranched alkanes of at least 4 members (excludes halogenated alkanes) is 1. The van der Waals surface area contributed by atoms with E-state index in [2.05, 4.69) is 57.9 Å². The number of H-pyrrole nitrogens is 1. The van der Waals surface area contributed by atoms with E-state index in [1.807, 2.05) is 12.3 Å². The third-order valence-corrected chi connectivity index (χ3v) is 4.97. The molecule has 0 saturated carbocycles. The smallest absolute Gasteiger partial charge is 0.105 e. The lowest BCUT2D eigenvalue weighted by Gasteiger charge is -2.29. The fraction of sp³-hybridized carbons (Fsp3) is 0.818. The maximum atomic E-state index is 10.1. The van der Waals surface area contributed by atoms with Crippen molar-refractivity contribution in [2.75, 3.05) is 6.54 Å². The van der Waals surface area contributed by atoms with Crippen LogP contribution in [0.1, 0.15) is 85.8 Å². The van der Waals surface area contributed by atoms with Crippen LogP contribution in [-0.2, 0) is 11.2 Å². The van der Waals surface area contributed by atoms with Crippen LogP contribution in [-0.4, -0.2) is 34.6 Å². The highest BCUT2D eigenvalue weighted by atomic mass is 16.5. The number of aliphatic hydroxyl groups is 1. The molecule has 1 atom stereocenters. The van der Waals surface area contributed by atoms with Crippen molar-refractivity contribution in [2.24, 2.45) is 5.41 Å². The van der Waals surface area contributed by atoms with Crippen molar-refractivity contribution >= 4 is 0 Å². The molecule has 0 aliphatic heterocycles. The summed E-state index contributed by atoms with van der Waals surface area (Å²) in [5, 5.41) is 13.3. The van der Waals surface area contributed by atoms with E-state index in [9.17, 15) is 5.11 Å². The SMILES string of the molecule is CC(C)OC(C)(C)CCCCC(C)(C)CCNC(O)CCc1ccc[nH]1. The van der Waals surface area contributed by atoms with Gasteiger partial charge in [-0.3, -0.25) is 5.32 Å². The van der Waals surface area contributed by atoms with Crippen LogP contribution in [0.2, 0.25) is 0 Å². The van der Waals surface area contributed by atoms with Gasteiger partial charge in [-0.15, -0.1) is 0 Å². The first-order chi connectivity index (χ1) is 12.1. The van der Waals surface area contributed by atoms with Gasteiger partial charge in [-0.2, -0.15) is 0 Å². The van der Waals surface area contributed by atoms with E-state index < -0.39 is 6.23 Å². The number of rotatable bonds is 14. The Bertz CT molecular complexity index is 466. The van der Waals surface area contributed by atoms with E-state index in [1.165, 1.54) is 25.0 Å². The molecule has 0 fully saturated rings. The van der Waals surface area contributed by atoms with E-state index >= 15 is 0 Å². The average molecular weight is 367 g/mol. The molecule has 0 aliphatic carbocycles. The minimum atomic E-state index is -0.428. The van der Waals surface area contributed by atoms with Gasteiger partial charge in [-0.25, -0.2) is 0 Å². The number of hydrogen-bond donors (Lipinski definition) is 3. The molecule has 4 nitrogen and oxygen atoms in total. The van der Waals surface area contributed by atoms with Gasteiger partial charge in [0, 0.05) is 11.9 Å². The predicted molar refractivity (Wildman–Crippen MR) is 110 cm³/mol. The maximum absolute atomic E-state index is 10.1. The zero-order valence-corrected chi connectivity index (χ0v) is 17.9. The van der Waals surface area contributed by atoms with E-state index in [0.717, 1.165) is 32.2 Å². The molecule has 1 rings (SSSR count). The molecule has 0 saturated heterocycles. The Kier molecular flexibility index (Phi) is 9.91. The number of ether oxygens (including phenoxy) is 1. The summed E-state index contributed by atoms with van der Waals surface area (Å²) in [5.74, 6) is 0. The predicted octanol–water partition coefficient (Wildman–Crippen LogP) is 5.04. The highest BCUT2D eigenvalue weighted by Gasteiger charge is 2.21. The molecule has 0 bridgehead atoms. The van der Waals surface area contributed by atoms with Crippen LogP contribution in [0.25, 0.3) is 0 Å². The lowest BCUT2D eigenvalue weighted by atomic mass is 9.83. The number of aromatic amines is 1. The van der Waals surface area contributed by atoms with Crippen molar-refractivity contribution in [3.05, 3.63) is 24.0 Å². The quantitative estimate of drug-likeness (QED) is 0.319. The molecular weight excluding hydrogens is 324 g/mol. The minimum absolute atomic E-state index is 0.0247. The normalized spacial score (nSPS) is 14.2. The summed E-state index contributed by atoms with van der Waals surface area (Å²) in [6.07, 6.45) is 9.24. The van der Waals surface area contributed by atoms with Gasteiger partial charge in [0.2, 0.25) is 0 Å². The van der Waals surface area contributed by atoms with E-state index in [-0.39, 0.29) is 11.7 Å². The Labute approximate surface area is 161 Å². The van der Waals surface area contributed by atoms with Crippen LogP contribution in [0, 0.1) is 5.41 Å². The molecular formula is C22H42N2O2. The topological polar surface area (TPSA) is 57.3 Å². The molecule has 152 valence electrons. The number of aliphatic hydroxyl groups excluding tert-OH is 1. The summed E-state index contributed by atoms with van der Waals surface area (Å²) in [4.78, 5) is 3.17. The lowest BCUT2D eigenvalue weighted by Crippen LogP contribution is -2.32. The Balaban J connectivity index is 2.13. The first-order valence-electron chi connectivity index (χ1n) is 10.3. The summed E-state index contributed by atoms with van der Waals surface area (Å²) in [7, 11) is 0. The third kappa shape index (κ3) is 11.0. The summed E-state index contributed by atoms with van der Waals surface area (Å²) in [6, 6.07) is 4.05. The maximum Gasteiger partial charge on any atom is 0.105 e. The van der Waals surface area contributed by atoms with Gasteiger partial charge in [0.1, 0.15) is 6.23 Å². The number of nitrogens with one attached hydrogen (secondary N) is 2. The van der Waals surface area contributed by atoms with Crippen LogP contribution >= 0.6 is 0 Å². The van der Waals surface area contributed by atoms with E-state index in [0.29, 0.717) is 5.41 Å².